The summed E-state index contributed by atoms with van der Waals surface area (Å²) >= 11 is 0. The summed E-state index contributed by atoms with van der Waals surface area (Å²) in [7, 11) is 0. The van der Waals surface area contributed by atoms with Gasteiger partial charge in [-0.25, -0.2) is 0 Å². The lowest BCUT2D eigenvalue weighted by molar-refractivity contribution is -0.120. The number of aliphatic hydroxyl groups is 1. The van der Waals surface area contributed by atoms with Crippen LogP contribution >= 0.6 is 0 Å². The summed E-state index contributed by atoms with van der Waals surface area (Å²) in [4.78, 5) is 11.0. The minimum absolute atomic E-state index is 0.0667. The molecule has 2 heteroatoms. The maximum atomic E-state index is 11.0. The normalized spacial score (nSPS) is 31.9. The maximum absolute atomic E-state index is 11.0. The first-order chi connectivity index (χ1) is 5.16. The first kappa shape index (κ1) is 8.03. The van der Waals surface area contributed by atoms with Gasteiger partial charge in [0.15, 0.2) is 5.78 Å². The summed E-state index contributed by atoms with van der Waals surface area (Å²) in [5.74, 6) is 1.78. The standard InChI is InChI=1S/C9H10O2/c1-3-6(2)9-7(10)4-5-8(9)11/h1,4-7,9-10H,2H3. The molecule has 1 rings (SSSR count). The first-order valence-corrected chi connectivity index (χ1v) is 3.53. The van der Waals surface area contributed by atoms with Gasteiger partial charge in [-0.05, 0) is 6.08 Å². The highest BCUT2D eigenvalue weighted by atomic mass is 16.3. The van der Waals surface area contributed by atoms with Gasteiger partial charge in [0.05, 0.1) is 12.0 Å². The molecule has 3 atom stereocenters. The molecule has 3 unspecified atom stereocenters. The van der Waals surface area contributed by atoms with Crippen LogP contribution in [0.25, 0.3) is 0 Å². The van der Waals surface area contributed by atoms with Gasteiger partial charge in [-0.2, -0.15) is 0 Å². The molecule has 0 spiro atoms. The molecule has 2 nitrogen and oxygen atoms in total. The molecule has 0 aliphatic heterocycles. The molecular formula is C9H10O2. The molecule has 0 saturated heterocycles. The third-order valence-corrected chi connectivity index (χ3v) is 1.96. The summed E-state index contributed by atoms with van der Waals surface area (Å²) in [6.45, 7) is 1.76. The average molecular weight is 150 g/mol. The monoisotopic (exact) mass is 150 g/mol. The van der Waals surface area contributed by atoms with Crippen molar-refractivity contribution < 1.29 is 9.90 Å². The summed E-state index contributed by atoms with van der Waals surface area (Å²) in [6.07, 6.45) is 7.33. The van der Waals surface area contributed by atoms with Crippen LogP contribution in [-0.2, 0) is 4.79 Å². The topological polar surface area (TPSA) is 37.3 Å². The van der Waals surface area contributed by atoms with Crippen LogP contribution in [0.1, 0.15) is 6.92 Å². The molecule has 1 aliphatic rings. The average Bonchev–Trinajstić information content (AvgIpc) is 2.30. The molecule has 1 N–H and O–H groups in total. The van der Waals surface area contributed by atoms with E-state index in [4.69, 9.17) is 6.42 Å². The van der Waals surface area contributed by atoms with Crippen LogP contribution in [0.15, 0.2) is 12.2 Å². The minimum Gasteiger partial charge on any atom is -0.388 e. The lowest BCUT2D eigenvalue weighted by Gasteiger charge is -2.15. The van der Waals surface area contributed by atoms with Crippen molar-refractivity contribution in [1.82, 2.24) is 0 Å². The number of ketones is 1. The number of hydrogen-bond acceptors (Lipinski definition) is 2. The van der Waals surface area contributed by atoms with E-state index in [1.165, 1.54) is 12.2 Å². The van der Waals surface area contributed by atoms with Gasteiger partial charge in [0.1, 0.15) is 0 Å². The molecule has 0 aromatic rings. The fourth-order valence-electron chi connectivity index (χ4n) is 1.24. The third-order valence-electron chi connectivity index (χ3n) is 1.96. The van der Waals surface area contributed by atoms with Crippen molar-refractivity contribution in [3.05, 3.63) is 12.2 Å². The smallest absolute Gasteiger partial charge is 0.162 e. The number of carbonyl (C=O) groups excluding carboxylic acids is 1. The van der Waals surface area contributed by atoms with Gasteiger partial charge in [0.25, 0.3) is 0 Å². The maximum Gasteiger partial charge on any atom is 0.162 e. The quantitative estimate of drug-likeness (QED) is 0.548. The van der Waals surface area contributed by atoms with Crippen molar-refractivity contribution in [3.8, 4) is 12.3 Å². The van der Waals surface area contributed by atoms with Crippen molar-refractivity contribution in [2.45, 2.75) is 13.0 Å². The number of terminal acetylenes is 1. The van der Waals surface area contributed by atoms with Gasteiger partial charge in [0.2, 0.25) is 0 Å². The lowest BCUT2D eigenvalue weighted by Crippen LogP contribution is -2.26. The van der Waals surface area contributed by atoms with Crippen LogP contribution in [0.3, 0.4) is 0 Å². The zero-order chi connectivity index (χ0) is 8.43. The van der Waals surface area contributed by atoms with Crippen molar-refractivity contribution in [2.24, 2.45) is 11.8 Å². The zero-order valence-electron chi connectivity index (χ0n) is 6.32. The number of aliphatic hydroxyl groups excluding tert-OH is 1. The Morgan fingerprint density at radius 3 is 2.82 bits per heavy atom. The molecule has 0 aromatic carbocycles. The van der Waals surface area contributed by atoms with Crippen LogP contribution < -0.4 is 0 Å². The summed E-state index contributed by atoms with van der Waals surface area (Å²) in [5, 5.41) is 9.26. The van der Waals surface area contributed by atoms with Gasteiger partial charge in [-0.15, -0.1) is 12.3 Å². The van der Waals surface area contributed by atoms with Gasteiger partial charge in [-0.3, -0.25) is 4.79 Å². The van der Waals surface area contributed by atoms with Crippen LogP contribution in [0.5, 0.6) is 0 Å². The highest BCUT2D eigenvalue weighted by Crippen LogP contribution is 2.22. The molecule has 0 amide bonds. The Morgan fingerprint density at radius 2 is 2.45 bits per heavy atom. The third kappa shape index (κ3) is 1.33. The van der Waals surface area contributed by atoms with Gasteiger partial charge < -0.3 is 5.11 Å². The number of hydrogen-bond donors (Lipinski definition) is 1. The van der Waals surface area contributed by atoms with Crippen LogP contribution in [0.2, 0.25) is 0 Å². The molecule has 0 aromatic heterocycles. The Balaban J connectivity index is 2.75. The van der Waals surface area contributed by atoms with Gasteiger partial charge in [-0.1, -0.05) is 13.0 Å². The molecule has 0 fully saturated rings. The van der Waals surface area contributed by atoms with Gasteiger partial charge >= 0.3 is 0 Å². The number of allylic oxidation sites excluding steroid dienone is 1. The second kappa shape index (κ2) is 2.89. The molecule has 0 radical (unpaired) electrons. The Hall–Kier alpha value is -1.07. The fraction of sp³-hybridized carbons (Fsp3) is 0.444. The van der Waals surface area contributed by atoms with Crippen LogP contribution in [-0.4, -0.2) is 17.0 Å². The molecule has 0 saturated carbocycles. The Labute approximate surface area is 65.9 Å². The second-order valence-electron chi connectivity index (χ2n) is 2.73. The Kier molecular flexibility index (Phi) is 2.11. The van der Waals surface area contributed by atoms with E-state index in [1.54, 1.807) is 6.92 Å². The first-order valence-electron chi connectivity index (χ1n) is 3.53. The Morgan fingerprint density at radius 1 is 1.82 bits per heavy atom. The van der Waals surface area contributed by atoms with E-state index in [0.29, 0.717) is 0 Å². The number of rotatable bonds is 1. The van der Waals surface area contributed by atoms with E-state index in [0.717, 1.165) is 0 Å². The van der Waals surface area contributed by atoms with E-state index >= 15 is 0 Å². The zero-order valence-corrected chi connectivity index (χ0v) is 6.32. The van der Waals surface area contributed by atoms with Crippen molar-refractivity contribution in [3.63, 3.8) is 0 Å². The van der Waals surface area contributed by atoms with Crippen molar-refractivity contribution in [1.29, 1.82) is 0 Å². The van der Waals surface area contributed by atoms with E-state index in [-0.39, 0.29) is 11.7 Å². The summed E-state index contributed by atoms with van der Waals surface area (Å²) in [6, 6.07) is 0. The summed E-state index contributed by atoms with van der Waals surface area (Å²) < 4.78 is 0. The van der Waals surface area contributed by atoms with E-state index in [2.05, 4.69) is 5.92 Å². The Bertz CT molecular complexity index is 234. The van der Waals surface area contributed by atoms with Crippen molar-refractivity contribution in [2.75, 3.05) is 0 Å². The highest BCUT2D eigenvalue weighted by Gasteiger charge is 2.32. The van der Waals surface area contributed by atoms with E-state index < -0.39 is 12.0 Å². The molecule has 58 valence electrons. The largest absolute Gasteiger partial charge is 0.388 e. The van der Waals surface area contributed by atoms with E-state index in [9.17, 15) is 9.90 Å². The highest BCUT2D eigenvalue weighted by molar-refractivity contribution is 5.95. The summed E-state index contributed by atoms with van der Waals surface area (Å²) in [5.41, 5.74) is 0. The van der Waals surface area contributed by atoms with E-state index in [1.807, 2.05) is 0 Å². The van der Waals surface area contributed by atoms with Crippen LogP contribution in [0, 0.1) is 24.2 Å². The molecule has 1 aliphatic carbocycles. The molecular weight excluding hydrogens is 140 g/mol. The molecule has 0 heterocycles. The van der Waals surface area contributed by atoms with Crippen molar-refractivity contribution >= 4 is 5.78 Å². The lowest BCUT2D eigenvalue weighted by atomic mass is 9.90. The van der Waals surface area contributed by atoms with Gasteiger partial charge in [0, 0.05) is 5.92 Å². The molecule has 0 bridgehead atoms. The second-order valence-corrected chi connectivity index (χ2v) is 2.73. The molecule has 11 heavy (non-hydrogen) atoms. The predicted molar refractivity (Wildman–Crippen MR) is 41.6 cm³/mol. The number of carbonyl (C=O) groups is 1. The minimum atomic E-state index is -0.687. The SMILES string of the molecule is C#CC(C)C1C(=O)C=CC1O. The van der Waals surface area contributed by atoms with Crippen LogP contribution in [0.4, 0.5) is 0 Å². The fourth-order valence-corrected chi connectivity index (χ4v) is 1.24. The predicted octanol–water partition coefficient (Wildman–Crippen LogP) is 0.372.